The number of carbonyl (C=O) groups is 1. The molecule has 1 amide bonds. The molecule has 94 valence electrons. The first-order chi connectivity index (χ1) is 8.20. The maximum absolute atomic E-state index is 12.1. The Bertz CT molecular complexity index is 391. The Morgan fingerprint density at radius 1 is 1.53 bits per heavy atom. The first kappa shape index (κ1) is 12.0. The summed E-state index contributed by atoms with van der Waals surface area (Å²) in [4.78, 5) is 16.0. The van der Waals surface area contributed by atoms with E-state index in [9.17, 15) is 4.79 Å². The van der Waals surface area contributed by atoms with Crippen molar-refractivity contribution in [3.8, 4) is 0 Å². The Morgan fingerprint density at radius 3 is 2.94 bits per heavy atom. The van der Waals surface area contributed by atoms with Crippen LogP contribution in [0, 0.1) is 18.8 Å². The summed E-state index contributed by atoms with van der Waals surface area (Å²) in [5.41, 5.74) is 5.70. The van der Waals surface area contributed by atoms with Crippen LogP contribution in [0.5, 0.6) is 0 Å². The molecule has 1 aromatic heterocycles. The quantitative estimate of drug-likeness (QED) is 0.821. The highest BCUT2D eigenvalue weighted by Crippen LogP contribution is 2.30. The lowest BCUT2D eigenvalue weighted by Crippen LogP contribution is -2.35. The molecule has 1 saturated carbocycles. The summed E-state index contributed by atoms with van der Waals surface area (Å²) < 4.78 is 4.87. The molecule has 2 unspecified atom stereocenters. The van der Waals surface area contributed by atoms with Gasteiger partial charge in [0.1, 0.15) is 0 Å². The van der Waals surface area contributed by atoms with E-state index in [0.717, 1.165) is 25.7 Å². The number of aromatic nitrogens is 2. The van der Waals surface area contributed by atoms with Gasteiger partial charge in [-0.1, -0.05) is 18.0 Å². The third-order valence-corrected chi connectivity index (χ3v) is 3.31. The number of hydrogen-bond acceptors (Lipinski definition) is 5. The number of nitrogens with two attached hydrogens (primary N) is 1. The van der Waals surface area contributed by atoms with Crippen LogP contribution in [-0.4, -0.2) is 22.6 Å². The SMILES string of the molecule is Cc1noc(NC(=O)C2CCCCC2CN)n1. The van der Waals surface area contributed by atoms with E-state index in [1.807, 2.05) is 0 Å². The van der Waals surface area contributed by atoms with Gasteiger partial charge in [-0.15, -0.1) is 0 Å². The van der Waals surface area contributed by atoms with Crippen LogP contribution in [0.25, 0.3) is 0 Å². The first-order valence-electron chi connectivity index (χ1n) is 6.02. The van der Waals surface area contributed by atoms with Gasteiger partial charge in [-0.05, 0) is 32.2 Å². The molecule has 2 atom stereocenters. The summed E-state index contributed by atoms with van der Waals surface area (Å²) in [5, 5.41) is 6.29. The Balaban J connectivity index is 1.98. The molecule has 1 heterocycles. The second-order valence-electron chi connectivity index (χ2n) is 4.52. The lowest BCUT2D eigenvalue weighted by atomic mass is 9.79. The highest BCUT2D eigenvalue weighted by atomic mass is 16.5. The number of nitrogens with one attached hydrogen (secondary N) is 1. The first-order valence-corrected chi connectivity index (χ1v) is 6.02. The molecule has 17 heavy (non-hydrogen) atoms. The summed E-state index contributed by atoms with van der Waals surface area (Å²) in [6, 6.07) is 0.175. The molecule has 6 nitrogen and oxygen atoms in total. The van der Waals surface area contributed by atoms with Crippen molar-refractivity contribution in [2.45, 2.75) is 32.6 Å². The second-order valence-corrected chi connectivity index (χ2v) is 4.52. The van der Waals surface area contributed by atoms with Gasteiger partial charge in [-0.3, -0.25) is 10.1 Å². The van der Waals surface area contributed by atoms with Crippen LogP contribution in [0.3, 0.4) is 0 Å². The summed E-state index contributed by atoms with van der Waals surface area (Å²) >= 11 is 0. The van der Waals surface area contributed by atoms with Gasteiger partial charge in [0.25, 0.3) is 0 Å². The highest BCUT2D eigenvalue weighted by molar-refractivity contribution is 5.90. The van der Waals surface area contributed by atoms with Gasteiger partial charge in [0, 0.05) is 5.92 Å². The van der Waals surface area contributed by atoms with Crippen molar-refractivity contribution in [3.05, 3.63) is 5.82 Å². The predicted molar refractivity (Wildman–Crippen MR) is 62.2 cm³/mol. The zero-order valence-corrected chi connectivity index (χ0v) is 9.98. The van der Waals surface area contributed by atoms with Crippen molar-refractivity contribution in [1.82, 2.24) is 10.1 Å². The lowest BCUT2D eigenvalue weighted by molar-refractivity contribution is -0.122. The number of nitrogens with zero attached hydrogens (tertiary/aromatic N) is 2. The predicted octanol–water partition coefficient (Wildman–Crippen LogP) is 1.08. The molecule has 0 bridgehead atoms. The number of carbonyl (C=O) groups excluding carboxylic acids is 1. The van der Waals surface area contributed by atoms with E-state index in [2.05, 4.69) is 15.5 Å². The zero-order chi connectivity index (χ0) is 12.3. The van der Waals surface area contributed by atoms with Crippen molar-refractivity contribution in [2.75, 3.05) is 11.9 Å². The van der Waals surface area contributed by atoms with E-state index >= 15 is 0 Å². The Morgan fingerprint density at radius 2 is 2.29 bits per heavy atom. The molecule has 6 heteroatoms. The average Bonchev–Trinajstić information content (AvgIpc) is 2.74. The number of anilines is 1. The fraction of sp³-hybridized carbons (Fsp3) is 0.727. The molecule has 0 radical (unpaired) electrons. The molecular formula is C11H18N4O2. The summed E-state index contributed by atoms with van der Waals surface area (Å²) in [7, 11) is 0. The minimum Gasteiger partial charge on any atom is -0.330 e. The van der Waals surface area contributed by atoms with E-state index in [1.54, 1.807) is 6.92 Å². The molecule has 1 aliphatic carbocycles. The minimum absolute atomic E-state index is 0.0269. The molecule has 1 aromatic rings. The van der Waals surface area contributed by atoms with Gasteiger partial charge < -0.3 is 10.3 Å². The number of amides is 1. The van der Waals surface area contributed by atoms with Crippen molar-refractivity contribution in [3.63, 3.8) is 0 Å². The van der Waals surface area contributed by atoms with E-state index in [-0.39, 0.29) is 23.8 Å². The number of hydrogen-bond donors (Lipinski definition) is 2. The molecule has 0 saturated heterocycles. The monoisotopic (exact) mass is 238 g/mol. The van der Waals surface area contributed by atoms with Crippen molar-refractivity contribution < 1.29 is 9.32 Å². The molecule has 0 spiro atoms. The lowest BCUT2D eigenvalue weighted by Gasteiger charge is -2.28. The highest BCUT2D eigenvalue weighted by Gasteiger charge is 2.30. The second kappa shape index (κ2) is 5.27. The van der Waals surface area contributed by atoms with Gasteiger partial charge in [-0.25, -0.2) is 0 Å². The van der Waals surface area contributed by atoms with Gasteiger partial charge in [0.05, 0.1) is 0 Å². The van der Waals surface area contributed by atoms with Crippen molar-refractivity contribution in [1.29, 1.82) is 0 Å². The van der Waals surface area contributed by atoms with Crippen LogP contribution in [0.1, 0.15) is 31.5 Å². The normalized spacial score (nSPS) is 24.6. The van der Waals surface area contributed by atoms with E-state index < -0.39 is 0 Å². The van der Waals surface area contributed by atoms with Crippen molar-refractivity contribution in [2.24, 2.45) is 17.6 Å². The molecule has 1 aliphatic rings. The van der Waals surface area contributed by atoms with Crippen LogP contribution in [-0.2, 0) is 4.79 Å². The van der Waals surface area contributed by atoms with Crippen LogP contribution < -0.4 is 11.1 Å². The summed E-state index contributed by atoms with van der Waals surface area (Å²) in [6.07, 6.45) is 4.15. The maximum Gasteiger partial charge on any atom is 0.328 e. The summed E-state index contributed by atoms with van der Waals surface area (Å²) in [6.45, 7) is 2.27. The fourth-order valence-electron chi connectivity index (χ4n) is 2.38. The summed E-state index contributed by atoms with van der Waals surface area (Å²) in [5.74, 6) is 0.705. The third kappa shape index (κ3) is 2.82. The van der Waals surface area contributed by atoms with Crippen LogP contribution in [0.2, 0.25) is 0 Å². The topological polar surface area (TPSA) is 94.0 Å². The van der Waals surface area contributed by atoms with Gasteiger partial charge in [0.2, 0.25) is 5.91 Å². The average molecular weight is 238 g/mol. The Labute approximate surface area is 99.9 Å². The van der Waals surface area contributed by atoms with Gasteiger partial charge in [-0.2, -0.15) is 4.98 Å². The molecule has 3 N–H and O–H groups in total. The standard InChI is InChI=1S/C11H18N4O2/c1-7-13-11(17-15-7)14-10(16)9-5-3-2-4-8(9)6-12/h8-9H,2-6,12H2,1H3,(H,13,14,15,16). The Hall–Kier alpha value is -1.43. The van der Waals surface area contributed by atoms with E-state index in [1.165, 1.54) is 0 Å². The smallest absolute Gasteiger partial charge is 0.328 e. The Kier molecular flexibility index (Phi) is 3.73. The molecule has 0 aromatic carbocycles. The molecular weight excluding hydrogens is 220 g/mol. The largest absolute Gasteiger partial charge is 0.330 e. The van der Waals surface area contributed by atoms with E-state index in [0.29, 0.717) is 12.4 Å². The van der Waals surface area contributed by atoms with Crippen molar-refractivity contribution >= 4 is 11.9 Å². The van der Waals surface area contributed by atoms with Crippen LogP contribution in [0.4, 0.5) is 6.01 Å². The zero-order valence-electron chi connectivity index (χ0n) is 9.98. The maximum atomic E-state index is 12.1. The van der Waals surface area contributed by atoms with Crippen LogP contribution >= 0.6 is 0 Å². The number of rotatable bonds is 3. The van der Waals surface area contributed by atoms with Crippen LogP contribution in [0.15, 0.2) is 4.52 Å². The third-order valence-electron chi connectivity index (χ3n) is 3.31. The molecule has 2 rings (SSSR count). The molecule has 0 aliphatic heterocycles. The fourth-order valence-corrected chi connectivity index (χ4v) is 2.38. The van der Waals surface area contributed by atoms with Gasteiger partial charge in [0.15, 0.2) is 5.82 Å². The van der Waals surface area contributed by atoms with Gasteiger partial charge >= 0.3 is 6.01 Å². The minimum atomic E-state index is -0.0520. The number of aryl methyl sites for hydroxylation is 1. The molecule has 1 fully saturated rings. The van der Waals surface area contributed by atoms with E-state index in [4.69, 9.17) is 10.3 Å².